The fourth-order valence-corrected chi connectivity index (χ4v) is 3.26. The number of aliphatic hydroxyl groups excluding tert-OH is 1. The van der Waals surface area contributed by atoms with Crippen LogP contribution in [0.4, 0.5) is 10.5 Å². The largest absolute Gasteiger partial charge is 0.393 e. The van der Waals surface area contributed by atoms with Gasteiger partial charge in [-0.1, -0.05) is 26.0 Å². The molecule has 1 fully saturated rings. The molecule has 1 heterocycles. The first-order chi connectivity index (χ1) is 11.3. The first kappa shape index (κ1) is 18.6. The lowest BCUT2D eigenvalue weighted by Gasteiger charge is -2.29. The molecule has 0 aromatic heterocycles. The van der Waals surface area contributed by atoms with E-state index in [0.717, 1.165) is 12.8 Å². The Morgan fingerprint density at radius 3 is 2.62 bits per heavy atom. The Labute approximate surface area is 145 Å². The third-order valence-electron chi connectivity index (χ3n) is 4.57. The van der Waals surface area contributed by atoms with E-state index in [1.807, 2.05) is 19.0 Å². The molecule has 0 radical (unpaired) electrons. The zero-order valence-electron chi connectivity index (χ0n) is 15.4. The van der Waals surface area contributed by atoms with Gasteiger partial charge in [0.1, 0.15) is 0 Å². The second-order valence-electron chi connectivity index (χ2n) is 7.78. The first-order valence-electron chi connectivity index (χ1n) is 8.74. The van der Waals surface area contributed by atoms with Crippen molar-refractivity contribution in [2.75, 3.05) is 38.6 Å². The summed E-state index contributed by atoms with van der Waals surface area (Å²) in [5, 5.41) is 13.0. The second kappa shape index (κ2) is 7.88. The predicted molar refractivity (Wildman–Crippen MR) is 98.5 cm³/mol. The summed E-state index contributed by atoms with van der Waals surface area (Å²) in [6, 6.07) is 8.37. The smallest absolute Gasteiger partial charge is 0.317 e. The van der Waals surface area contributed by atoms with Gasteiger partial charge < -0.3 is 20.2 Å². The molecule has 2 rings (SSSR count). The molecule has 0 saturated carbocycles. The number of anilines is 1. The third-order valence-corrected chi connectivity index (χ3v) is 4.57. The molecule has 1 atom stereocenters. The van der Waals surface area contributed by atoms with Crippen molar-refractivity contribution < 1.29 is 9.90 Å². The van der Waals surface area contributed by atoms with E-state index < -0.39 is 0 Å². The van der Waals surface area contributed by atoms with Crippen LogP contribution in [0.2, 0.25) is 0 Å². The molecule has 2 N–H and O–H groups in total. The van der Waals surface area contributed by atoms with Crippen LogP contribution in [0.5, 0.6) is 0 Å². The number of carbonyl (C=O) groups excluding carboxylic acids is 1. The zero-order chi connectivity index (χ0) is 17.7. The van der Waals surface area contributed by atoms with Crippen molar-refractivity contribution in [2.45, 2.75) is 39.2 Å². The standard InChI is InChI=1S/C19H31N3O2/c1-19(2)13-17(23)10-12-22(14-19)18(24)20-11-9-15-5-7-16(8-6-15)21(3)4/h5-8,17,23H,9-14H2,1-4H3,(H,20,24). The van der Waals surface area contributed by atoms with Gasteiger partial charge in [-0.25, -0.2) is 4.79 Å². The number of amides is 2. The van der Waals surface area contributed by atoms with Crippen LogP contribution in [-0.4, -0.2) is 55.9 Å². The number of likely N-dealkylation sites (tertiary alicyclic amines) is 1. The summed E-state index contributed by atoms with van der Waals surface area (Å²) in [5.41, 5.74) is 2.34. The Kier molecular flexibility index (Phi) is 6.10. The molecule has 0 aliphatic carbocycles. The van der Waals surface area contributed by atoms with Crippen molar-refractivity contribution in [3.8, 4) is 0 Å². The monoisotopic (exact) mass is 333 g/mol. The predicted octanol–water partition coefficient (Wildman–Crippen LogP) is 2.49. The molecule has 2 amide bonds. The van der Waals surface area contributed by atoms with Gasteiger partial charge in [-0.05, 0) is 42.4 Å². The SMILES string of the molecule is CN(C)c1ccc(CCNC(=O)N2CCC(O)CC(C)(C)C2)cc1. The molecule has 5 nitrogen and oxygen atoms in total. The average molecular weight is 333 g/mol. The van der Waals surface area contributed by atoms with Gasteiger partial charge in [-0.3, -0.25) is 0 Å². The Hall–Kier alpha value is -1.75. The van der Waals surface area contributed by atoms with Gasteiger partial charge in [-0.15, -0.1) is 0 Å². The fourth-order valence-electron chi connectivity index (χ4n) is 3.26. The lowest BCUT2D eigenvalue weighted by molar-refractivity contribution is 0.121. The molecular weight excluding hydrogens is 302 g/mol. The van der Waals surface area contributed by atoms with E-state index in [-0.39, 0.29) is 17.6 Å². The van der Waals surface area contributed by atoms with E-state index in [0.29, 0.717) is 26.1 Å². The van der Waals surface area contributed by atoms with Crippen molar-refractivity contribution in [3.05, 3.63) is 29.8 Å². The zero-order valence-corrected chi connectivity index (χ0v) is 15.4. The Morgan fingerprint density at radius 2 is 2.00 bits per heavy atom. The van der Waals surface area contributed by atoms with E-state index in [4.69, 9.17) is 0 Å². The van der Waals surface area contributed by atoms with Crippen LogP contribution in [0.1, 0.15) is 32.3 Å². The minimum atomic E-state index is -0.312. The van der Waals surface area contributed by atoms with Gasteiger partial charge in [0, 0.05) is 39.4 Å². The lowest BCUT2D eigenvalue weighted by Crippen LogP contribution is -2.44. The average Bonchev–Trinajstić information content (AvgIpc) is 2.64. The maximum absolute atomic E-state index is 12.4. The maximum Gasteiger partial charge on any atom is 0.317 e. The van der Waals surface area contributed by atoms with Crippen molar-refractivity contribution in [1.29, 1.82) is 0 Å². The summed E-state index contributed by atoms with van der Waals surface area (Å²) in [6.07, 6.45) is 1.91. The fraction of sp³-hybridized carbons (Fsp3) is 0.632. The number of benzene rings is 1. The Balaban J connectivity index is 1.82. The molecule has 1 aromatic carbocycles. The first-order valence-corrected chi connectivity index (χ1v) is 8.74. The summed E-state index contributed by atoms with van der Waals surface area (Å²) in [4.78, 5) is 16.3. The van der Waals surface area contributed by atoms with Gasteiger partial charge in [0.25, 0.3) is 0 Å². The summed E-state index contributed by atoms with van der Waals surface area (Å²) in [7, 11) is 4.05. The summed E-state index contributed by atoms with van der Waals surface area (Å²) in [5.74, 6) is 0. The number of hydrogen-bond acceptors (Lipinski definition) is 3. The molecule has 0 bridgehead atoms. The highest BCUT2D eigenvalue weighted by molar-refractivity contribution is 5.74. The normalized spacial score (nSPS) is 20.4. The van der Waals surface area contributed by atoms with Crippen LogP contribution in [-0.2, 0) is 6.42 Å². The highest BCUT2D eigenvalue weighted by Crippen LogP contribution is 2.28. The molecule has 24 heavy (non-hydrogen) atoms. The molecule has 134 valence electrons. The summed E-state index contributed by atoms with van der Waals surface area (Å²) < 4.78 is 0. The molecular formula is C19H31N3O2. The van der Waals surface area contributed by atoms with Gasteiger partial charge in [0.05, 0.1) is 6.10 Å². The maximum atomic E-state index is 12.4. The number of aliphatic hydroxyl groups is 1. The molecule has 1 aliphatic rings. The van der Waals surface area contributed by atoms with Crippen LogP contribution < -0.4 is 10.2 Å². The highest BCUT2D eigenvalue weighted by atomic mass is 16.3. The number of carbonyl (C=O) groups is 1. The highest BCUT2D eigenvalue weighted by Gasteiger charge is 2.31. The number of nitrogens with zero attached hydrogens (tertiary/aromatic N) is 2. The van der Waals surface area contributed by atoms with Crippen molar-refractivity contribution in [3.63, 3.8) is 0 Å². The van der Waals surface area contributed by atoms with Crippen molar-refractivity contribution in [1.82, 2.24) is 10.2 Å². The Morgan fingerprint density at radius 1 is 1.33 bits per heavy atom. The van der Waals surface area contributed by atoms with Crippen LogP contribution in [0.3, 0.4) is 0 Å². The third kappa shape index (κ3) is 5.41. The number of urea groups is 1. The van der Waals surface area contributed by atoms with Gasteiger partial charge in [0.2, 0.25) is 0 Å². The number of rotatable bonds is 4. The summed E-state index contributed by atoms with van der Waals surface area (Å²) >= 11 is 0. The van der Waals surface area contributed by atoms with Crippen molar-refractivity contribution >= 4 is 11.7 Å². The van der Waals surface area contributed by atoms with E-state index in [1.165, 1.54) is 11.3 Å². The Bertz CT molecular complexity index is 540. The second-order valence-corrected chi connectivity index (χ2v) is 7.78. The lowest BCUT2D eigenvalue weighted by atomic mass is 9.87. The van der Waals surface area contributed by atoms with Crippen LogP contribution in [0.25, 0.3) is 0 Å². The van der Waals surface area contributed by atoms with Crippen LogP contribution in [0, 0.1) is 5.41 Å². The molecule has 0 spiro atoms. The van der Waals surface area contributed by atoms with E-state index in [9.17, 15) is 9.90 Å². The van der Waals surface area contributed by atoms with Crippen LogP contribution in [0.15, 0.2) is 24.3 Å². The topological polar surface area (TPSA) is 55.8 Å². The molecule has 1 saturated heterocycles. The quantitative estimate of drug-likeness (QED) is 0.890. The molecule has 1 unspecified atom stereocenters. The minimum absolute atomic E-state index is 0.0258. The van der Waals surface area contributed by atoms with E-state index >= 15 is 0 Å². The number of hydrogen-bond donors (Lipinski definition) is 2. The number of nitrogens with one attached hydrogen (secondary N) is 1. The van der Waals surface area contributed by atoms with Gasteiger partial charge in [-0.2, -0.15) is 0 Å². The molecule has 1 aliphatic heterocycles. The van der Waals surface area contributed by atoms with E-state index in [2.05, 4.69) is 48.3 Å². The molecule has 5 heteroatoms. The van der Waals surface area contributed by atoms with E-state index in [1.54, 1.807) is 0 Å². The van der Waals surface area contributed by atoms with Crippen molar-refractivity contribution in [2.24, 2.45) is 5.41 Å². The van der Waals surface area contributed by atoms with Gasteiger partial charge >= 0.3 is 6.03 Å². The minimum Gasteiger partial charge on any atom is -0.393 e. The van der Waals surface area contributed by atoms with Crippen LogP contribution >= 0.6 is 0 Å². The molecule has 1 aromatic rings. The van der Waals surface area contributed by atoms with Gasteiger partial charge in [0.15, 0.2) is 0 Å². The summed E-state index contributed by atoms with van der Waals surface area (Å²) in [6.45, 7) is 6.14.